The molecule has 1 atom stereocenters. The van der Waals surface area contributed by atoms with Gasteiger partial charge in [0.2, 0.25) is 0 Å². The number of nitrogens with two attached hydrogens (primary N) is 1. The van der Waals surface area contributed by atoms with Gasteiger partial charge in [-0.1, -0.05) is 31.2 Å². The number of benzene rings is 2. The number of halogens is 3. The zero-order valence-electron chi connectivity index (χ0n) is 24.0. The Balaban J connectivity index is 0.00000108. The quantitative estimate of drug-likeness (QED) is 0.165. The van der Waals surface area contributed by atoms with Crippen molar-refractivity contribution in [3.8, 4) is 0 Å². The summed E-state index contributed by atoms with van der Waals surface area (Å²) >= 11 is 0. The number of piperidine rings is 1. The second-order valence-electron chi connectivity index (χ2n) is 10.3. The number of dihydropyridines is 1. The molecule has 2 aliphatic heterocycles. The van der Waals surface area contributed by atoms with Crippen LogP contribution < -0.4 is 21.7 Å². The van der Waals surface area contributed by atoms with Crippen LogP contribution in [-0.2, 0) is 6.18 Å². The molecule has 0 radical (unpaired) electrons. The maximum absolute atomic E-state index is 14.2. The molecule has 2 aromatic rings. The van der Waals surface area contributed by atoms with Gasteiger partial charge in [0.25, 0.3) is 0 Å². The fourth-order valence-corrected chi connectivity index (χ4v) is 4.99. The lowest BCUT2D eigenvalue weighted by Gasteiger charge is -2.35. The minimum absolute atomic E-state index is 0.0212. The molecule has 0 spiro atoms. The Hall–Kier alpha value is -3.54. The van der Waals surface area contributed by atoms with Crippen LogP contribution in [0.2, 0.25) is 0 Å². The fraction of sp³-hybridized carbons (Fsp3) is 0.433. The van der Waals surface area contributed by atoms with Gasteiger partial charge in [-0.25, -0.2) is 0 Å². The van der Waals surface area contributed by atoms with E-state index in [1.54, 1.807) is 38.5 Å². The highest BCUT2D eigenvalue weighted by atomic mass is 19.4. The van der Waals surface area contributed by atoms with E-state index >= 15 is 0 Å². The molecular weight excluding hydrogens is 533 g/mol. The molecule has 1 saturated heterocycles. The molecule has 0 aliphatic carbocycles. The third-order valence-corrected chi connectivity index (χ3v) is 7.06. The molecule has 2 aliphatic rings. The van der Waals surface area contributed by atoms with E-state index in [1.165, 1.54) is 13.0 Å². The Morgan fingerprint density at radius 1 is 1.10 bits per heavy atom. The summed E-state index contributed by atoms with van der Waals surface area (Å²) in [5.41, 5.74) is 8.56. The summed E-state index contributed by atoms with van der Waals surface area (Å²) < 4.78 is 42.6. The number of nitrogen functional groups attached to an aromatic ring is 1. The molecule has 7 N–H and O–H groups in total. The van der Waals surface area contributed by atoms with Crippen molar-refractivity contribution < 1.29 is 23.4 Å². The minimum Gasteiger partial charge on any atom is -0.398 e. The zero-order valence-corrected chi connectivity index (χ0v) is 24.0. The normalized spacial score (nSPS) is 17.0. The van der Waals surface area contributed by atoms with Crippen LogP contribution in [0.1, 0.15) is 55.0 Å². The number of aliphatic hydroxyl groups excluding tert-OH is 1. The molecule has 2 aromatic carbocycles. The van der Waals surface area contributed by atoms with Crippen LogP contribution in [0.5, 0.6) is 0 Å². The topological polar surface area (TPSA) is 118 Å². The van der Waals surface area contributed by atoms with E-state index in [2.05, 4.69) is 32.8 Å². The van der Waals surface area contributed by atoms with Crippen LogP contribution in [-0.4, -0.2) is 61.3 Å². The van der Waals surface area contributed by atoms with Crippen molar-refractivity contribution in [2.45, 2.75) is 45.2 Å². The molecule has 11 heteroatoms. The standard InChI is InChI=1S/C28H35F3N6.C2H6O2/c1-18-12-14-37(15-13-18)25-11-10-19(16-35-25)36-27-21(7-4-8-23(27)28(29,30)31)26(34-3)20-6-5-9-24(32)22(20)17-33-2;1-2(3)4/h4-11,17-18,26,34-36H,12-16,32H2,1-3H3;2-4H,1H3. The van der Waals surface area contributed by atoms with E-state index in [9.17, 15) is 13.2 Å². The number of likely N-dealkylation sites (tertiary alicyclic amines) is 1. The molecule has 4 rings (SSSR count). The van der Waals surface area contributed by atoms with Crippen molar-refractivity contribution in [2.75, 3.05) is 44.8 Å². The van der Waals surface area contributed by atoms with E-state index in [0.29, 0.717) is 29.1 Å². The van der Waals surface area contributed by atoms with Crippen molar-refractivity contribution in [1.29, 1.82) is 0 Å². The highest BCUT2D eigenvalue weighted by Crippen LogP contribution is 2.41. The van der Waals surface area contributed by atoms with Gasteiger partial charge in [0.1, 0.15) is 12.1 Å². The molecule has 41 heavy (non-hydrogen) atoms. The van der Waals surface area contributed by atoms with Gasteiger partial charge in [-0.15, -0.1) is 0 Å². The van der Waals surface area contributed by atoms with Crippen LogP contribution in [0.4, 0.5) is 24.5 Å². The van der Waals surface area contributed by atoms with Crippen LogP contribution in [0, 0.1) is 5.92 Å². The Morgan fingerprint density at radius 2 is 1.73 bits per heavy atom. The highest BCUT2D eigenvalue weighted by molar-refractivity contribution is 5.89. The number of alkyl halides is 3. The first-order valence-electron chi connectivity index (χ1n) is 13.7. The van der Waals surface area contributed by atoms with Crippen LogP contribution in [0.25, 0.3) is 0 Å². The number of aliphatic imine (C=N–C) groups is 1. The maximum Gasteiger partial charge on any atom is 0.418 e. The number of nitrogens with zero attached hydrogens (tertiary/aromatic N) is 2. The number of rotatable bonds is 7. The summed E-state index contributed by atoms with van der Waals surface area (Å²) in [7, 11) is 3.36. The lowest BCUT2D eigenvalue weighted by Crippen LogP contribution is -2.39. The second-order valence-corrected chi connectivity index (χ2v) is 10.3. The van der Waals surface area contributed by atoms with Crippen LogP contribution in [0.3, 0.4) is 0 Å². The number of aliphatic hydroxyl groups is 2. The lowest BCUT2D eigenvalue weighted by molar-refractivity contribution is -0.137. The summed E-state index contributed by atoms with van der Waals surface area (Å²) in [6, 6.07) is 9.11. The van der Waals surface area contributed by atoms with Gasteiger partial charge in [0.15, 0.2) is 0 Å². The number of para-hydroxylation sites is 1. The van der Waals surface area contributed by atoms with Crippen molar-refractivity contribution in [1.82, 2.24) is 15.5 Å². The average Bonchev–Trinajstić information content (AvgIpc) is 2.92. The number of hydrogen-bond acceptors (Lipinski definition) is 8. The predicted molar refractivity (Wildman–Crippen MR) is 158 cm³/mol. The van der Waals surface area contributed by atoms with E-state index < -0.39 is 24.1 Å². The second kappa shape index (κ2) is 14.4. The third-order valence-electron chi connectivity index (χ3n) is 7.06. The van der Waals surface area contributed by atoms with E-state index in [1.807, 2.05) is 18.2 Å². The van der Waals surface area contributed by atoms with E-state index in [-0.39, 0.29) is 5.69 Å². The van der Waals surface area contributed by atoms with E-state index in [4.69, 9.17) is 15.9 Å². The van der Waals surface area contributed by atoms with Crippen LogP contribution in [0.15, 0.2) is 65.1 Å². The van der Waals surface area contributed by atoms with Gasteiger partial charge in [0.05, 0.1) is 23.8 Å². The lowest BCUT2D eigenvalue weighted by atomic mass is 9.91. The molecule has 2 heterocycles. The first-order valence-corrected chi connectivity index (χ1v) is 13.7. The Labute approximate surface area is 239 Å². The smallest absolute Gasteiger partial charge is 0.398 e. The molecule has 0 saturated carbocycles. The Morgan fingerprint density at radius 3 is 2.29 bits per heavy atom. The first kappa shape index (κ1) is 32.0. The Bertz CT molecular complexity index is 1250. The van der Waals surface area contributed by atoms with Gasteiger partial charge < -0.3 is 36.8 Å². The van der Waals surface area contributed by atoms with Crippen molar-refractivity contribution in [3.63, 3.8) is 0 Å². The van der Waals surface area contributed by atoms with Crippen molar-refractivity contribution in [2.24, 2.45) is 10.9 Å². The number of allylic oxidation sites excluding steroid dienone is 2. The van der Waals surface area contributed by atoms with Gasteiger partial charge >= 0.3 is 6.18 Å². The van der Waals surface area contributed by atoms with Crippen LogP contribution >= 0.6 is 0 Å². The van der Waals surface area contributed by atoms with Gasteiger partial charge in [0, 0.05) is 43.3 Å². The number of nitrogens with one attached hydrogen (secondary N) is 3. The summed E-state index contributed by atoms with van der Waals surface area (Å²) in [4.78, 5) is 6.41. The molecule has 0 amide bonds. The van der Waals surface area contributed by atoms with Gasteiger partial charge in [-0.05, 0) is 68.1 Å². The molecule has 0 aromatic heterocycles. The largest absolute Gasteiger partial charge is 0.418 e. The summed E-state index contributed by atoms with van der Waals surface area (Å²) in [6.07, 6.45) is 2.02. The molecule has 8 nitrogen and oxygen atoms in total. The minimum atomic E-state index is -4.53. The van der Waals surface area contributed by atoms with Gasteiger partial charge in [-0.2, -0.15) is 13.2 Å². The summed E-state index contributed by atoms with van der Waals surface area (Å²) in [5, 5.41) is 24.9. The first-order chi connectivity index (χ1) is 19.5. The molecule has 1 fully saturated rings. The molecule has 224 valence electrons. The molecular formula is C30H41F3N6O2. The summed E-state index contributed by atoms with van der Waals surface area (Å²) in [6.45, 7) is 5.90. The monoisotopic (exact) mass is 574 g/mol. The Kier molecular flexibility index (Phi) is 11.2. The SMILES string of the molecule is CC(O)O.CN=Cc1c(N)cccc1C(NC)c1cccc(C(F)(F)F)c1NC1=CC=C(N2CCC(C)CC2)NC1. The summed E-state index contributed by atoms with van der Waals surface area (Å²) in [5.74, 6) is 1.73. The van der Waals surface area contributed by atoms with Gasteiger partial charge in [-0.3, -0.25) is 4.99 Å². The third kappa shape index (κ3) is 8.48. The molecule has 0 bridgehead atoms. The van der Waals surface area contributed by atoms with E-state index in [0.717, 1.165) is 49.3 Å². The van der Waals surface area contributed by atoms with Crippen molar-refractivity contribution in [3.05, 3.63) is 82.3 Å². The van der Waals surface area contributed by atoms with Crippen molar-refractivity contribution >= 4 is 17.6 Å². The fourth-order valence-electron chi connectivity index (χ4n) is 4.99. The molecule has 1 unspecified atom stereocenters. The zero-order chi connectivity index (χ0) is 30.2. The maximum atomic E-state index is 14.2. The number of hydrogen-bond donors (Lipinski definition) is 6. The predicted octanol–water partition coefficient (Wildman–Crippen LogP) is 4.43. The number of anilines is 2. The highest BCUT2D eigenvalue weighted by Gasteiger charge is 2.36. The average molecular weight is 575 g/mol.